The predicted octanol–water partition coefficient (Wildman–Crippen LogP) is 4.57. The Labute approximate surface area is 143 Å². The molecule has 0 saturated carbocycles. The van der Waals surface area contributed by atoms with E-state index in [2.05, 4.69) is 15.3 Å². The number of fused-ring (bicyclic) bond motifs is 1. The molecule has 0 radical (unpaired) electrons. The van der Waals surface area contributed by atoms with Crippen molar-refractivity contribution in [2.45, 2.75) is 34.1 Å². The van der Waals surface area contributed by atoms with Crippen molar-refractivity contribution in [3.05, 3.63) is 51.5 Å². The van der Waals surface area contributed by atoms with Crippen LogP contribution in [0.2, 0.25) is 0 Å². The minimum absolute atomic E-state index is 0.248. The van der Waals surface area contributed by atoms with Crippen molar-refractivity contribution in [1.29, 1.82) is 0 Å². The van der Waals surface area contributed by atoms with Gasteiger partial charge in [-0.05, 0) is 44.0 Å². The van der Waals surface area contributed by atoms with Gasteiger partial charge in [-0.2, -0.15) is 0 Å². The zero-order valence-corrected chi connectivity index (χ0v) is 14.8. The van der Waals surface area contributed by atoms with Gasteiger partial charge < -0.3 is 5.32 Å². The molecule has 0 atom stereocenters. The van der Waals surface area contributed by atoms with E-state index in [1.165, 1.54) is 23.5 Å². The number of benzene rings is 1. The largest absolute Gasteiger partial charge is 0.321 e. The molecule has 0 spiro atoms. The average Bonchev–Trinajstić information content (AvgIpc) is 2.88. The third kappa shape index (κ3) is 2.89. The predicted molar refractivity (Wildman–Crippen MR) is 95.4 cm³/mol. The lowest BCUT2D eigenvalue weighted by Gasteiger charge is -2.08. The number of carbonyl (C=O) groups excluding carboxylic acids is 1. The molecule has 1 N–H and O–H groups in total. The first-order valence-corrected chi connectivity index (χ1v) is 8.56. The van der Waals surface area contributed by atoms with Crippen LogP contribution in [0, 0.1) is 26.6 Å². The summed E-state index contributed by atoms with van der Waals surface area (Å²) in [5.74, 6) is 0.147. The summed E-state index contributed by atoms with van der Waals surface area (Å²) < 4.78 is 13.4. The van der Waals surface area contributed by atoms with Crippen LogP contribution >= 0.6 is 11.3 Å². The second kappa shape index (κ2) is 6.28. The van der Waals surface area contributed by atoms with E-state index in [-0.39, 0.29) is 11.7 Å². The average molecular weight is 343 g/mol. The van der Waals surface area contributed by atoms with Crippen LogP contribution in [0.4, 0.5) is 10.1 Å². The zero-order valence-electron chi connectivity index (χ0n) is 14.0. The molecule has 124 valence electrons. The number of nitrogens with zero attached hydrogens (tertiary/aromatic N) is 2. The molecule has 3 aromatic rings. The molecule has 0 bridgehead atoms. The highest BCUT2D eigenvalue weighted by Crippen LogP contribution is 2.32. The Morgan fingerprint density at radius 3 is 2.71 bits per heavy atom. The Bertz CT molecular complexity index is 949. The fraction of sp³-hybridized carbons (Fsp3) is 0.278. The van der Waals surface area contributed by atoms with E-state index in [4.69, 9.17) is 0 Å². The van der Waals surface area contributed by atoms with Crippen LogP contribution in [0.5, 0.6) is 0 Å². The van der Waals surface area contributed by atoms with Crippen LogP contribution in [-0.4, -0.2) is 15.9 Å². The van der Waals surface area contributed by atoms with Gasteiger partial charge in [0.1, 0.15) is 16.5 Å². The van der Waals surface area contributed by atoms with Crippen LogP contribution in [0.15, 0.2) is 18.2 Å². The van der Waals surface area contributed by atoms with Crippen molar-refractivity contribution in [2.24, 2.45) is 0 Å². The van der Waals surface area contributed by atoms with Crippen LogP contribution < -0.4 is 5.32 Å². The van der Waals surface area contributed by atoms with Crippen molar-refractivity contribution in [2.75, 3.05) is 5.32 Å². The van der Waals surface area contributed by atoms with Gasteiger partial charge in [-0.1, -0.05) is 13.0 Å². The molecule has 0 fully saturated rings. The fourth-order valence-corrected chi connectivity index (χ4v) is 3.82. The maximum atomic E-state index is 13.4. The molecule has 0 unspecified atom stereocenters. The number of hydrogen-bond acceptors (Lipinski definition) is 4. The van der Waals surface area contributed by atoms with Crippen LogP contribution in [-0.2, 0) is 6.42 Å². The van der Waals surface area contributed by atoms with Crippen LogP contribution in [0.1, 0.15) is 39.2 Å². The van der Waals surface area contributed by atoms with Gasteiger partial charge in [0.25, 0.3) is 5.91 Å². The molecule has 0 aliphatic rings. The van der Waals surface area contributed by atoms with Gasteiger partial charge in [0, 0.05) is 23.2 Å². The molecule has 6 heteroatoms. The van der Waals surface area contributed by atoms with E-state index in [1.54, 1.807) is 6.07 Å². The Balaban J connectivity index is 2.02. The van der Waals surface area contributed by atoms with Crippen molar-refractivity contribution in [1.82, 2.24) is 9.97 Å². The first kappa shape index (κ1) is 16.5. The number of carbonyl (C=O) groups is 1. The monoisotopic (exact) mass is 343 g/mol. The van der Waals surface area contributed by atoms with E-state index in [9.17, 15) is 9.18 Å². The van der Waals surface area contributed by atoms with E-state index < -0.39 is 0 Å². The number of nitrogens with one attached hydrogen (secondary N) is 1. The first-order chi connectivity index (χ1) is 11.4. The molecule has 4 nitrogen and oxygen atoms in total. The summed E-state index contributed by atoms with van der Waals surface area (Å²) in [6.07, 6.45) is 0.748. The highest BCUT2D eigenvalue weighted by molar-refractivity contribution is 7.20. The van der Waals surface area contributed by atoms with Crippen LogP contribution in [0.25, 0.3) is 10.2 Å². The van der Waals surface area contributed by atoms with Gasteiger partial charge in [-0.3, -0.25) is 4.79 Å². The molecule has 24 heavy (non-hydrogen) atoms. The van der Waals surface area contributed by atoms with Gasteiger partial charge in [-0.25, -0.2) is 14.4 Å². The molecule has 1 aromatic carbocycles. The molecular weight excluding hydrogens is 325 g/mol. The molecule has 1 amide bonds. The van der Waals surface area contributed by atoms with E-state index >= 15 is 0 Å². The Hall–Kier alpha value is -2.34. The molecule has 2 heterocycles. The van der Waals surface area contributed by atoms with E-state index in [0.29, 0.717) is 10.6 Å². The summed E-state index contributed by atoms with van der Waals surface area (Å²) in [5.41, 5.74) is 3.04. The number of aryl methyl sites for hydroxylation is 4. The highest BCUT2D eigenvalue weighted by atomic mass is 32.1. The van der Waals surface area contributed by atoms with Crippen molar-refractivity contribution in [3.8, 4) is 0 Å². The summed E-state index contributed by atoms with van der Waals surface area (Å²) in [7, 11) is 0. The molecule has 0 aliphatic carbocycles. The second-order valence-corrected chi connectivity index (χ2v) is 6.73. The number of aromatic nitrogens is 2. The fourth-order valence-electron chi connectivity index (χ4n) is 2.68. The standard InChI is InChI=1S/C18H18FN3OS/c1-5-14-20-11(4)15-10(3)16(24-18(15)22-14)17(23)21-13-8-12(19)7-6-9(13)2/h6-8H,5H2,1-4H3,(H,21,23). The third-order valence-corrected chi connectivity index (χ3v) is 5.17. The summed E-state index contributed by atoms with van der Waals surface area (Å²) in [4.78, 5) is 23.1. The van der Waals surface area contributed by atoms with Crippen molar-refractivity contribution in [3.63, 3.8) is 0 Å². The lowest BCUT2D eigenvalue weighted by Crippen LogP contribution is -2.12. The summed E-state index contributed by atoms with van der Waals surface area (Å²) in [5, 5.41) is 3.73. The number of hydrogen-bond donors (Lipinski definition) is 1. The van der Waals surface area contributed by atoms with Gasteiger partial charge in [0.15, 0.2) is 0 Å². The summed E-state index contributed by atoms with van der Waals surface area (Å²) in [6.45, 7) is 7.66. The zero-order chi connectivity index (χ0) is 17.4. The minimum Gasteiger partial charge on any atom is -0.321 e. The second-order valence-electron chi connectivity index (χ2n) is 5.73. The Kier molecular flexibility index (Phi) is 4.32. The van der Waals surface area contributed by atoms with Crippen molar-refractivity contribution >= 4 is 33.1 Å². The number of thiophene rings is 1. The number of halogens is 1. The Morgan fingerprint density at radius 1 is 1.25 bits per heavy atom. The van der Waals surface area contributed by atoms with Gasteiger partial charge in [0.05, 0.1) is 4.88 Å². The third-order valence-electron chi connectivity index (χ3n) is 3.99. The highest BCUT2D eigenvalue weighted by Gasteiger charge is 2.19. The van der Waals surface area contributed by atoms with Crippen molar-refractivity contribution < 1.29 is 9.18 Å². The lowest BCUT2D eigenvalue weighted by molar-refractivity contribution is 0.103. The molecule has 0 saturated heterocycles. The van der Waals surface area contributed by atoms with Crippen LogP contribution in [0.3, 0.4) is 0 Å². The van der Waals surface area contributed by atoms with Gasteiger partial charge in [-0.15, -0.1) is 11.3 Å². The Morgan fingerprint density at radius 2 is 2.00 bits per heavy atom. The van der Waals surface area contributed by atoms with E-state index in [1.807, 2.05) is 27.7 Å². The van der Waals surface area contributed by atoms with Gasteiger partial charge >= 0.3 is 0 Å². The van der Waals surface area contributed by atoms with Gasteiger partial charge in [0.2, 0.25) is 0 Å². The number of anilines is 1. The minimum atomic E-state index is -0.377. The summed E-state index contributed by atoms with van der Waals surface area (Å²) >= 11 is 1.35. The number of amides is 1. The smallest absolute Gasteiger partial charge is 0.266 e. The SMILES string of the molecule is CCc1nc(C)c2c(C)c(C(=O)Nc3cc(F)ccc3C)sc2n1. The molecular formula is C18H18FN3OS. The quantitative estimate of drug-likeness (QED) is 0.758. The summed E-state index contributed by atoms with van der Waals surface area (Å²) in [6, 6.07) is 4.35. The normalized spacial score (nSPS) is 11.0. The molecule has 2 aromatic heterocycles. The maximum absolute atomic E-state index is 13.4. The lowest BCUT2D eigenvalue weighted by atomic mass is 10.1. The molecule has 0 aliphatic heterocycles. The maximum Gasteiger partial charge on any atom is 0.266 e. The first-order valence-electron chi connectivity index (χ1n) is 7.74. The number of rotatable bonds is 3. The topological polar surface area (TPSA) is 54.9 Å². The molecule has 3 rings (SSSR count). The van der Waals surface area contributed by atoms with E-state index in [0.717, 1.165) is 39.3 Å².